The van der Waals surface area contributed by atoms with E-state index in [4.69, 9.17) is 4.42 Å². The van der Waals surface area contributed by atoms with Gasteiger partial charge in [0, 0.05) is 42.3 Å². The molecule has 256 valence electrons. The minimum absolute atomic E-state index is 0.223. The Morgan fingerprint density at radius 1 is 0.519 bits per heavy atom. The molecule has 0 radical (unpaired) electrons. The molecule has 1 aliphatic rings. The maximum atomic E-state index is 6.57. The molecular weight excluding hydrogens is 673 g/mol. The first-order valence-electron chi connectivity index (χ1n) is 18.8. The second-order valence-electron chi connectivity index (χ2n) is 14.9. The third-order valence-electron chi connectivity index (χ3n) is 12.0. The normalized spacial score (nSPS) is 15.0. The number of hydrogen-bond acceptors (Lipinski definition) is 2. The SMILES string of the molecule is CC(c1ccc(-c2ccccc2)cc1)(c1ccc2c(c1)oc1ccccc12)c1cc(C2Cc3ccccc3-c3ccccc32)cc2c1sc1ccccc12. The summed E-state index contributed by atoms with van der Waals surface area (Å²) in [5.41, 5.74) is 14.4. The van der Waals surface area contributed by atoms with E-state index in [0.29, 0.717) is 0 Å². The van der Waals surface area contributed by atoms with Gasteiger partial charge in [0.25, 0.3) is 0 Å². The van der Waals surface area contributed by atoms with Crippen LogP contribution in [0.1, 0.15) is 46.2 Å². The Morgan fingerprint density at radius 3 is 2.06 bits per heavy atom. The molecule has 1 aliphatic carbocycles. The first kappa shape index (κ1) is 31.3. The van der Waals surface area contributed by atoms with Crippen LogP contribution >= 0.6 is 11.3 Å². The van der Waals surface area contributed by atoms with E-state index in [1.54, 1.807) is 0 Å². The highest BCUT2D eigenvalue weighted by Crippen LogP contribution is 2.51. The van der Waals surface area contributed by atoms with Crippen LogP contribution in [0.4, 0.5) is 0 Å². The highest BCUT2D eigenvalue weighted by Gasteiger charge is 2.36. The Morgan fingerprint density at radius 2 is 1.19 bits per heavy atom. The zero-order valence-corrected chi connectivity index (χ0v) is 30.7. The monoisotopic (exact) mass is 708 g/mol. The van der Waals surface area contributed by atoms with Gasteiger partial charge >= 0.3 is 0 Å². The maximum Gasteiger partial charge on any atom is 0.135 e. The zero-order valence-electron chi connectivity index (χ0n) is 29.9. The van der Waals surface area contributed by atoms with E-state index in [2.05, 4.69) is 189 Å². The molecule has 0 amide bonds. The van der Waals surface area contributed by atoms with Gasteiger partial charge < -0.3 is 4.42 Å². The number of rotatable bonds is 5. The van der Waals surface area contributed by atoms with Crippen molar-refractivity contribution in [3.05, 3.63) is 215 Å². The van der Waals surface area contributed by atoms with Crippen LogP contribution in [0.15, 0.2) is 186 Å². The van der Waals surface area contributed by atoms with Gasteiger partial charge in [0.05, 0.1) is 0 Å². The third-order valence-corrected chi connectivity index (χ3v) is 13.3. The average molecular weight is 709 g/mol. The second kappa shape index (κ2) is 12.2. The fraction of sp³-hybridized carbons (Fsp3) is 0.0769. The van der Waals surface area contributed by atoms with Gasteiger partial charge in [0.2, 0.25) is 0 Å². The fourth-order valence-corrected chi connectivity index (χ4v) is 10.5. The summed E-state index contributed by atoms with van der Waals surface area (Å²) in [4.78, 5) is 0. The molecule has 2 atom stereocenters. The van der Waals surface area contributed by atoms with E-state index in [9.17, 15) is 0 Å². The van der Waals surface area contributed by atoms with E-state index >= 15 is 0 Å². The molecule has 0 saturated heterocycles. The lowest BCUT2D eigenvalue weighted by atomic mass is 9.68. The van der Waals surface area contributed by atoms with Crippen molar-refractivity contribution in [2.24, 2.45) is 0 Å². The molecule has 2 heterocycles. The van der Waals surface area contributed by atoms with Crippen LogP contribution in [-0.4, -0.2) is 0 Å². The van der Waals surface area contributed by atoms with Crippen molar-refractivity contribution >= 4 is 53.4 Å². The van der Waals surface area contributed by atoms with Gasteiger partial charge in [0.15, 0.2) is 0 Å². The first-order chi connectivity index (χ1) is 26.6. The molecule has 0 saturated carbocycles. The molecule has 8 aromatic carbocycles. The molecule has 54 heavy (non-hydrogen) atoms. The van der Waals surface area contributed by atoms with Crippen molar-refractivity contribution in [1.82, 2.24) is 0 Å². The smallest absolute Gasteiger partial charge is 0.135 e. The summed E-state index contributed by atoms with van der Waals surface area (Å²) in [5.74, 6) is 0.223. The summed E-state index contributed by atoms with van der Waals surface area (Å²) in [6, 6.07) is 67.3. The maximum absolute atomic E-state index is 6.57. The average Bonchev–Trinajstić information content (AvgIpc) is 3.81. The van der Waals surface area contributed by atoms with Gasteiger partial charge in [-0.1, -0.05) is 158 Å². The van der Waals surface area contributed by atoms with E-state index < -0.39 is 5.41 Å². The van der Waals surface area contributed by atoms with Crippen molar-refractivity contribution < 1.29 is 4.42 Å². The summed E-state index contributed by atoms with van der Waals surface area (Å²) in [6.07, 6.45) is 0.966. The van der Waals surface area contributed by atoms with Crippen LogP contribution in [0.5, 0.6) is 0 Å². The van der Waals surface area contributed by atoms with Crippen molar-refractivity contribution in [3.8, 4) is 22.3 Å². The number of fused-ring (bicyclic) bond motifs is 9. The molecule has 2 heteroatoms. The molecule has 1 nitrogen and oxygen atoms in total. The Labute approximate surface area is 318 Å². The van der Waals surface area contributed by atoms with Gasteiger partial charge in [-0.15, -0.1) is 11.3 Å². The largest absolute Gasteiger partial charge is 0.456 e. The van der Waals surface area contributed by atoms with Crippen molar-refractivity contribution in [2.45, 2.75) is 24.7 Å². The van der Waals surface area contributed by atoms with Gasteiger partial charge in [-0.3, -0.25) is 0 Å². The molecular formula is C52H36OS. The van der Waals surface area contributed by atoms with Crippen LogP contribution in [0, 0.1) is 0 Å². The first-order valence-corrected chi connectivity index (χ1v) is 19.7. The van der Waals surface area contributed by atoms with Crippen molar-refractivity contribution in [1.29, 1.82) is 0 Å². The Kier molecular flexibility index (Phi) is 7.05. The topological polar surface area (TPSA) is 13.1 Å². The van der Waals surface area contributed by atoms with E-state index in [-0.39, 0.29) is 5.92 Å². The summed E-state index contributed by atoms with van der Waals surface area (Å²) < 4.78 is 9.22. The lowest BCUT2D eigenvalue weighted by molar-refractivity contribution is 0.660. The summed E-state index contributed by atoms with van der Waals surface area (Å²) >= 11 is 1.92. The highest BCUT2D eigenvalue weighted by atomic mass is 32.1. The Balaban J connectivity index is 1.20. The molecule has 0 aliphatic heterocycles. The zero-order chi connectivity index (χ0) is 35.8. The Hall–Kier alpha value is -6.22. The fourth-order valence-electron chi connectivity index (χ4n) is 9.20. The van der Waals surface area contributed by atoms with Crippen molar-refractivity contribution in [2.75, 3.05) is 0 Å². The quantitative estimate of drug-likeness (QED) is 0.162. The minimum Gasteiger partial charge on any atom is -0.456 e. The number of para-hydroxylation sites is 1. The highest BCUT2D eigenvalue weighted by molar-refractivity contribution is 7.26. The molecule has 2 unspecified atom stereocenters. The summed E-state index contributed by atoms with van der Waals surface area (Å²) in [5, 5.41) is 4.95. The number of hydrogen-bond donors (Lipinski definition) is 0. The lowest BCUT2D eigenvalue weighted by Gasteiger charge is -2.34. The number of benzene rings is 8. The van der Waals surface area contributed by atoms with Crippen molar-refractivity contribution in [3.63, 3.8) is 0 Å². The van der Waals surface area contributed by atoms with Gasteiger partial charge in [-0.2, -0.15) is 0 Å². The minimum atomic E-state index is -0.510. The lowest BCUT2D eigenvalue weighted by Crippen LogP contribution is -2.26. The predicted octanol–water partition coefficient (Wildman–Crippen LogP) is 14.3. The molecule has 0 N–H and O–H groups in total. The van der Waals surface area contributed by atoms with Gasteiger partial charge in [-0.05, 0) is 93.2 Å². The Bertz CT molecular complexity index is 3040. The molecule has 0 fully saturated rings. The molecule has 2 aromatic heterocycles. The predicted molar refractivity (Wildman–Crippen MR) is 228 cm³/mol. The standard InChI is InChI=1S/C52H36OS/c1-52(37-25-23-34(24-26-37)33-13-3-2-4-14-33,38-27-28-43-42-19-9-11-21-48(42)53-49(43)32-38)47-31-36(30-46-44-20-10-12-22-50(44)54-51(46)47)45-29-35-15-5-6-16-39(35)40-17-7-8-18-41(40)45/h2-28,30-32,45H,29H2,1H3. The van der Waals surface area contributed by atoms with Gasteiger partial charge in [-0.25, -0.2) is 0 Å². The van der Waals surface area contributed by atoms with E-state index in [0.717, 1.165) is 28.4 Å². The summed E-state index contributed by atoms with van der Waals surface area (Å²) in [6.45, 7) is 2.43. The van der Waals surface area contributed by atoms with E-state index in [1.807, 2.05) is 11.3 Å². The second-order valence-corrected chi connectivity index (χ2v) is 16.0. The molecule has 0 bridgehead atoms. The molecule has 11 rings (SSSR count). The number of furan rings is 1. The number of thiophene rings is 1. The molecule has 10 aromatic rings. The third kappa shape index (κ3) is 4.77. The van der Waals surface area contributed by atoms with Crippen LogP contribution < -0.4 is 0 Å². The van der Waals surface area contributed by atoms with E-state index in [1.165, 1.54) is 75.8 Å². The van der Waals surface area contributed by atoms with Crippen LogP contribution in [0.2, 0.25) is 0 Å². The molecule has 0 spiro atoms. The van der Waals surface area contributed by atoms with Crippen LogP contribution in [0.25, 0.3) is 64.4 Å². The van der Waals surface area contributed by atoms with Crippen LogP contribution in [0.3, 0.4) is 0 Å². The summed E-state index contributed by atoms with van der Waals surface area (Å²) in [7, 11) is 0. The van der Waals surface area contributed by atoms with Gasteiger partial charge in [0.1, 0.15) is 11.2 Å². The van der Waals surface area contributed by atoms with Crippen LogP contribution in [-0.2, 0) is 11.8 Å².